The molecule has 0 radical (unpaired) electrons. The first kappa shape index (κ1) is 14.1. The van der Waals surface area contributed by atoms with Crippen molar-refractivity contribution in [2.24, 2.45) is 7.05 Å². The molecule has 1 atom stereocenters. The fourth-order valence-electron chi connectivity index (χ4n) is 2.50. The number of halogens is 1. The van der Waals surface area contributed by atoms with Crippen LogP contribution in [0.5, 0.6) is 0 Å². The zero-order valence-corrected chi connectivity index (χ0v) is 13.8. The molecular formula is C16H17BrN4. The first-order valence-electron chi connectivity index (χ1n) is 6.86. The van der Waals surface area contributed by atoms with E-state index in [1.54, 1.807) is 0 Å². The third-order valence-electron chi connectivity index (χ3n) is 3.59. The number of anilines is 1. The summed E-state index contributed by atoms with van der Waals surface area (Å²) in [5.74, 6) is 0. The van der Waals surface area contributed by atoms with Gasteiger partial charge < -0.3 is 5.32 Å². The molecule has 2 aromatic heterocycles. The molecule has 0 saturated heterocycles. The van der Waals surface area contributed by atoms with E-state index < -0.39 is 0 Å². The van der Waals surface area contributed by atoms with Crippen molar-refractivity contribution in [3.8, 4) is 0 Å². The fraction of sp³-hybridized carbons (Fsp3) is 0.250. The van der Waals surface area contributed by atoms with E-state index in [-0.39, 0.29) is 6.04 Å². The normalized spacial score (nSPS) is 12.6. The van der Waals surface area contributed by atoms with Gasteiger partial charge in [-0.3, -0.25) is 4.68 Å². The van der Waals surface area contributed by atoms with Gasteiger partial charge in [0.25, 0.3) is 0 Å². The molecule has 0 fully saturated rings. The van der Waals surface area contributed by atoms with Crippen molar-refractivity contribution in [1.29, 1.82) is 0 Å². The van der Waals surface area contributed by atoms with Crippen LogP contribution >= 0.6 is 15.9 Å². The summed E-state index contributed by atoms with van der Waals surface area (Å²) < 4.78 is 2.90. The molecular weight excluding hydrogens is 328 g/mol. The van der Waals surface area contributed by atoms with Crippen LogP contribution < -0.4 is 5.32 Å². The molecule has 1 aromatic carbocycles. The number of pyridine rings is 1. The standard InChI is InChI=1S/C16H17BrN4/c1-10(12-5-4-6-13(17)7-12)19-14-8-15-11(2)20-21(3)16(15)18-9-14/h4-10,19H,1-3H3. The Hall–Kier alpha value is -1.88. The van der Waals surface area contributed by atoms with Gasteiger partial charge >= 0.3 is 0 Å². The SMILES string of the molecule is Cc1nn(C)c2ncc(NC(C)c3cccc(Br)c3)cc12. The van der Waals surface area contributed by atoms with Crippen LogP contribution in [0.1, 0.15) is 24.2 Å². The maximum atomic E-state index is 4.49. The van der Waals surface area contributed by atoms with Crippen molar-refractivity contribution in [2.75, 3.05) is 5.32 Å². The van der Waals surface area contributed by atoms with Crippen LogP contribution in [0.3, 0.4) is 0 Å². The monoisotopic (exact) mass is 344 g/mol. The van der Waals surface area contributed by atoms with E-state index in [0.717, 1.165) is 26.9 Å². The van der Waals surface area contributed by atoms with E-state index in [2.05, 4.69) is 56.5 Å². The molecule has 0 bridgehead atoms. The summed E-state index contributed by atoms with van der Waals surface area (Å²) in [6, 6.07) is 10.6. The van der Waals surface area contributed by atoms with Crippen molar-refractivity contribution in [2.45, 2.75) is 19.9 Å². The Balaban J connectivity index is 1.89. The van der Waals surface area contributed by atoms with Gasteiger partial charge in [-0.05, 0) is 37.6 Å². The summed E-state index contributed by atoms with van der Waals surface area (Å²) in [6.07, 6.45) is 1.86. The molecule has 0 spiro atoms. The average Bonchev–Trinajstić information content (AvgIpc) is 2.74. The largest absolute Gasteiger partial charge is 0.377 e. The van der Waals surface area contributed by atoms with Gasteiger partial charge in [-0.25, -0.2) is 4.98 Å². The lowest BCUT2D eigenvalue weighted by Crippen LogP contribution is -2.06. The van der Waals surface area contributed by atoms with Gasteiger partial charge in [-0.2, -0.15) is 5.10 Å². The third-order valence-corrected chi connectivity index (χ3v) is 4.09. The Morgan fingerprint density at radius 1 is 1.29 bits per heavy atom. The summed E-state index contributed by atoms with van der Waals surface area (Å²) in [6.45, 7) is 4.15. The topological polar surface area (TPSA) is 42.7 Å². The molecule has 108 valence electrons. The predicted molar refractivity (Wildman–Crippen MR) is 89.4 cm³/mol. The first-order valence-corrected chi connectivity index (χ1v) is 7.65. The van der Waals surface area contributed by atoms with E-state index in [4.69, 9.17) is 0 Å². The number of benzene rings is 1. The Bertz CT molecular complexity index is 794. The zero-order chi connectivity index (χ0) is 15.0. The van der Waals surface area contributed by atoms with Gasteiger partial charge in [0.1, 0.15) is 0 Å². The lowest BCUT2D eigenvalue weighted by Gasteiger charge is -2.16. The molecule has 1 unspecified atom stereocenters. The van der Waals surface area contributed by atoms with Crippen molar-refractivity contribution >= 4 is 32.7 Å². The maximum Gasteiger partial charge on any atom is 0.157 e. The minimum Gasteiger partial charge on any atom is -0.377 e. The lowest BCUT2D eigenvalue weighted by atomic mass is 10.1. The van der Waals surface area contributed by atoms with Gasteiger partial charge in [-0.1, -0.05) is 28.1 Å². The van der Waals surface area contributed by atoms with Crippen LogP contribution in [0.15, 0.2) is 41.0 Å². The number of hydrogen-bond acceptors (Lipinski definition) is 3. The Morgan fingerprint density at radius 2 is 2.10 bits per heavy atom. The van der Waals surface area contributed by atoms with Gasteiger partial charge in [0.05, 0.1) is 17.6 Å². The predicted octanol–water partition coefficient (Wildman–Crippen LogP) is 4.21. The molecule has 3 aromatic rings. The number of nitrogens with one attached hydrogen (secondary N) is 1. The molecule has 4 nitrogen and oxygen atoms in total. The maximum absolute atomic E-state index is 4.49. The number of nitrogens with zero attached hydrogens (tertiary/aromatic N) is 3. The highest BCUT2D eigenvalue weighted by Crippen LogP contribution is 2.24. The average molecular weight is 345 g/mol. The van der Waals surface area contributed by atoms with E-state index in [0.29, 0.717) is 0 Å². The smallest absolute Gasteiger partial charge is 0.157 e. The summed E-state index contributed by atoms with van der Waals surface area (Å²) in [5.41, 5.74) is 4.14. The molecule has 1 N–H and O–H groups in total. The van der Waals surface area contributed by atoms with Crippen molar-refractivity contribution in [3.63, 3.8) is 0 Å². The number of aryl methyl sites for hydroxylation is 2. The van der Waals surface area contributed by atoms with Crippen molar-refractivity contribution < 1.29 is 0 Å². The highest BCUT2D eigenvalue weighted by Gasteiger charge is 2.10. The number of rotatable bonds is 3. The van der Waals surface area contributed by atoms with Crippen LogP contribution in [-0.4, -0.2) is 14.8 Å². The molecule has 5 heteroatoms. The first-order chi connectivity index (χ1) is 10.0. The van der Waals surface area contributed by atoms with Gasteiger partial charge in [-0.15, -0.1) is 0 Å². The number of fused-ring (bicyclic) bond motifs is 1. The molecule has 0 amide bonds. The molecule has 0 aliphatic heterocycles. The molecule has 0 aliphatic rings. The quantitative estimate of drug-likeness (QED) is 0.773. The summed E-state index contributed by atoms with van der Waals surface area (Å²) in [7, 11) is 1.92. The second-order valence-corrected chi connectivity index (χ2v) is 6.14. The second-order valence-electron chi connectivity index (χ2n) is 5.23. The van der Waals surface area contributed by atoms with Crippen LogP contribution in [0.2, 0.25) is 0 Å². The summed E-state index contributed by atoms with van der Waals surface area (Å²) >= 11 is 3.51. The number of aromatic nitrogens is 3. The fourth-order valence-corrected chi connectivity index (χ4v) is 2.91. The molecule has 3 rings (SSSR count). The third kappa shape index (κ3) is 2.78. The Kier molecular flexibility index (Phi) is 3.68. The summed E-state index contributed by atoms with van der Waals surface area (Å²) in [5, 5.41) is 8.98. The van der Waals surface area contributed by atoms with Gasteiger partial charge in [0.15, 0.2) is 5.65 Å². The van der Waals surface area contributed by atoms with E-state index in [1.165, 1.54) is 5.56 Å². The lowest BCUT2D eigenvalue weighted by molar-refractivity contribution is 0.773. The minimum atomic E-state index is 0.207. The van der Waals surface area contributed by atoms with Crippen molar-refractivity contribution in [1.82, 2.24) is 14.8 Å². The van der Waals surface area contributed by atoms with E-state index in [1.807, 2.05) is 37.0 Å². The molecule has 0 aliphatic carbocycles. The highest BCUT2D eigenvalue weighted by molar-refractivity contribution is 9.10. The summed E-state index contributed by atoms with van der Waals surface area (Å²) in [4.78, 5) is 4.49. The highest BCUT2D eigenvalue weighted by atomic mass is 79.9. The van der Waals surface area contributed by atoms with E-state index in [9.17, 15) is 0 Å². The molecule has 0 saturated carbocycles. The molecule has 2 heterocycles. The van der Waals surface area contributed by atoms with Gasteiger partial charge in [0.2, 0.25) is 0 Å². The van der Waals surface area contributed by atoms with Gasteiger partial charge in [0, 0.05) is 22.9 Å². The van der Waals surface area contributed by atoms with Crippen LogP contribution in [0.4, 0.5) is 5.69 Å². The van der Waals surface area contributed by atoms with Crippen LogP contribution in [-0.2, 0) is 7.05 Å². The minimum absolute atomic E-state index is 0.207. The van der Waals surface area contributed by atoms with Crippen LogP contribution in [0.25, 0.3) is 11.0 Å². The van der Waals surface area contributed by atoms with Crippen molar-refractivity contribution in [3.05, 3.63) is 52.3 Å². The van der Waals surface area contributed by atoms with E-state index >= 15 is 0 Å². The Labute approximate surface area is 132 Å². The zero-order valence-electron chi connectivity index (χ0n) is 12.3. The number of hydrogen-bond donors (Lipinski definition) is 1. The van der Waals surface area contributed by atoms with Crippen LogP contribution in [0, 0.1) is 6.92 Å². The Morgan fingerprint density at radius 3 is 2.86 bits per heavy atom. The second kappa shape index (κ2) is 5.48. The molecule has 21 heavy (non-hydrogen) atoms.